The van der Waals surface area contributed by atoms with E-state index < -0.39 is 0 Å². The molecule has 0 bridgehead atoms. The van der Waals surface area contributed by atoms with Gasteiger partial charge in [-0.15, -0.1) is 0 Å². The molecule has 0 saturated heterocycles. The van der Waals surface area contributed by atoms with Crippen molar-refractivity contribution in [3.05, 3.63) is 71.0 Å². The van der Waals surface area contributed by atoms with E-state index >= 15 is 0 Å². The quantitative estimate of drug-likeness (QED) is 0.502. The minimum atomic E-state index is -0.0620. The Hall–Kier alpha value is -3.35. The molecule has 0 saturated carbocycles. The molecule has 0 fully saturated rings. The van der Waals surface area contributed by atoms with E-state index in [2.05, 4.69) is 17.2 Å². The van der Waals surface area contributed by atoms with Crippen LogP contribution in [0.1, 0.15) is 25.5 Å². The Labute approximate surface area is 168 Å². The van der Waals surface area contributed by atoms with Gasteiger partial charge in [0.15, 0.2) is 0 Å². The molecular weight excluding hydrogens is 366 g/mol. The van der Waals surface area contributed by atoms with Crippen LogP contribution in [0.3, 0.4) is 0 Å². The third-order valence-corrected chi connectivity index (χ3v) is 5.05. The minimum absolute atomic E-state index is 0.0504. The van der Waals surface area contributed by atoms with Crippen molar-refractivity contribution >= 4 is 22.6 Å². The van der Waals surface area contributed by atoms with Crippen LogP contribution in [0.2, 0.25) is 0 Å². The van der Waals surface area contributed by atoms with Gasteiger partial charge in [-0.25, -0.2) is 9.78 Å². The van der Waals surface area contributed by atoms with Crippen molar-refractivity contribution in [3.8, 4) is 0 Å². The number of carbonyl (C=O) groups excluding carboxylic acids is 1. The molecular formula is C22H25N5O2. The number of pyridine rings is 1. The summed E-state index contributed by atoms with van der Waals surface area (Å²) in [5.74, 6) is -0.0620. The summed E-state index contributed by atoms with van der Waals surface area (Å²) in [5, 5.41) is 2.93. The molecule has 0 radical (unpaired) electrons. The van der Waals surface area contributed by atoms with E-state index in [0.717, 1.165) is 28.8 Å². The molecule has 7 nitrogen and oxygen atoms in total. The molecule has 1 aromatic carbocycles. The van der Waals surface area contributed by atoms with E-state index in [1.54, 1.807) is 9.13 Å². The van der Waals surface area contributed by atoms with Crippen LogP contribution in [0.15, 0.2) is 59.7 Å². The van der Waals surface area contributed by atoms with Crippen LogP contribution < -0.4 is 11.0 Å². The number of nitrogens with zero attached hydrogens (tertiary/aromatic N) is 4. The Bertz CT molecular complexity index is 1170. The summed E-state index contributed by atoms with van der Waals surface area (Å²) >= 11 is 0. The number of amides is 1. The first-order valence-corrected chi connectivity index (χ1v) is 10.0. The zero-order chi connectivity index (χ0) is 20.2. The summed E-state index contributed by atoms with van der Waals surface area (Å²) in [6, 6.07) is 13.6. The number of carbonyl (C=O) groups is 1. The monoisotopic (exact) mass is 391 g/mol. The SMILES string of the molecule is CCCn1c(=O)n(CCC(=O)NCCc2cn3ccccc3n2)c2ccccc21. The predicted molar refractivity (Wildman–Crippen MR) is 113 cm³/mol. The van der Waals surface area contributed by atoms with E-state index in [0.29, 0.717) is 26.1 Å². The average Bonchev–Trinajstić information content (AvgIpc) is 3.26. The molecule has 0 aliphatic carbocycles. The minimum Gasteiger partial charge on any atom is -0.356 e. The van der Waals surface area contributed by atoms with Crippen LogP contribution in [0.25, 0.3) is 16.7 Å². The van der Waals surface area contributed by atoms with Crippen LogP contribution in [0.4, 0.5) is 0 Å². The topological polar surface area (TPSA) is 73.3 Å². The number of aromatic nitrogens is 4. The maximum Gasteiger partial charge on any atom is 0.329 e. The second-order valence-electron chi connectivity index (χ2n) is 7.12. The van der Waals surface area contributed by atoms with Crippen molar-refractivity contribution < 1.29 is 4.79 Å². The molecule has 3 aromatic heterocycles. The summed E-state index contributed by atoms with van der Waals surface area (Å²) in [5.41, 5.74) is 3.59. The summed E-state index contributed by atoms with van der Waals surface area (Å²) in [4.78, 5) is 29.6. The summed E-state index contributed by atoms with van der Waals surface area (Å²) in [7, 11) is 0. The van der Waals surface area contributed by atoms with Gasteiger partial charge in [0.1, 0.15) is 5.65 Å². The Morgan fingerprint density at radius 2 is 1.76 bits per heavy atom. The number of hydrogen-bond donors (Lipinski definition) is 1. The predicted octanol–water partition coefficient (Wildman–Crippen LogP) is 2.61. The van der Waals surface area contributed by atoms with Crippen molar-refractivity contribution in [2.75, 3.05) is 6.54 Å². The third-order valence-electron chi connectivity index (χ3n) is 5.05. The van der Waals surface area contributed by atoms with Crippen molar-refractivity contribution in [1.82, 2.24) is 23.8 Å². The molecule has 0 aliphatic rings. The van der Waals surface area contributed by atoms with Crippen molar-refractivity contribution in [3.63, 3.8) is 0 Å². The van der Waals surface area contributed by atoms with E-state index in [1.807, 2.05) is 59.3 Å². The number of rotatable bonds is 8. The summed E-state index contributed by atoms with van der Waals surface area (Å²) in [6.07, 6.45) is 5.76. The Kier molecular flexibility index (Phi) is 5.46. The lowest BCUT2D eigenvalue weighted by atomic mass is 10.3. The van der Waals surface area contributed by atoms with Gasteiger partial charge in [0.05, 0.1) is 16.7 Å². The first-order chi connectivity index (χ1) is 14.2. The van der Waals surface area contributed by atoms with E-state index in [1.165, 1.54) is 0 Å². The van der Waals surface area contributed by atoms with Gasteiger partial charge in [0.2, 0.25) is 5.91 Å². The van der Waals surface area contributed by atoms with Gasteiger partial charge in [-0.1, -0.05) is 25.1 Å². The molecule has 0 spiro atoms. The van der Waals surface area contributed by atoms with Gasteiger partial charge in [0.25, 0.3) is 0 Å². The molecule has 0 atom stereocenters. The number of para-hydroxylation sites is 2. The largest absolute Gasteiger partial charge is 0.356 e. The van der Waals surface area contributed by atoms with Crippen LogP contribution in [-0.4, -0.2) is 31.0 Å². The molecule has 29 heavy (non-hydrogen) atoms. The lowest BCUT2D eigenvalue weighted by Crippen LogP contribution is -2.29. The fourth-order valence-corrected chi connectivity index (χ4v) is 3.67. The smallest absolute Gasteiger partial charge is 0.329 e. The Morgan fingerprint density at radius 3 is 2.48 bits per heavy atom. The first-order valence-electron chi connectivity index (χ1n) is 10.0. The second kappa shape index (κ2) is 8.34. The number of aryl methyl sites for hydroxylation is 2. The van der Waals surface area contributed by atoms with Crippen LogP contribution in [0, 0.1) is 0 Å². The van der Waals surface area contributed by atoms with Crippen molar-refractivity contribution in [1.29, 1.82) is 0 Å². The second-order valence-corrected chi connectivity index (χ2v) is 7.12. The molecule has 1 N–H and O–H groups in total. The molecule has 4 rings (SSSR count). The molecule has 1 amide bonds. The van der Waals surface area contributed by atoms with Crippen LogP contribution in [-0.2, 0) is 24.3 Å². The number of hydrogen-bond acceptors (Lipinski definition) is 3. The Balaban J connectivity index is 1.36. The number of imidazole rings is 2. The Morgan fingerprint density at radius 1 is 1.03 bits per heavy atom. The lowest BCUT2D eigenvalue weighted by Gasteiger charge is -2.05. The highest BCUT2D eigenvalue weighted by Crippen LogP contribution is 2.13. The fourth-order valence-electron chi connectivity index (χ4n) is 3.67. The highest BCUT2D eigenvalue weighted by atomic mass is 16.2. The highest BCUT2D eigenvalue weighted by Gasteiger charge is 2.13. The van der Waals surface area contributed by atoms with Gasteiger partial charge in [-0.3, -0.25) is 13.9 Å². The van der Waals surface area contributed by atoms with E-state index in [-0.39, 0.29) is 18.0 Å². The molecule has 4 aromatic rings. The van der Waals surface area contributed by atoms with Gasteiger partial charge >= 0.3 is 5.69 Å². The molecule has 7 heteroatoms. The molecule has 0 aliphatic heterocycles. The standard InChI is InChI=1S/C22H25N5O2/c1-2-13-26-18-7-3-4-8-19(18)27(22(26)29)15-11-21(28)23-12-10-17-16-25-14-6-5-9-20(25)24-17/h3-9,14,16H,2,10-13,15H2,1H3,(H,23,28). The van der Waals surface area contributed by atoms with Crippen LogP contribution >= 0.6 is 0 Å². The number of nitrogens with one attached hydrogen (secondary N) is 1. The van der Waals surface area contributed by atoms with Crippen molar-refractivity contribution in [2.45, 2.75) is 39.3 Å². The maximum absolute atomic E-state index is 12.8. The van der Waals surface area contributed by atoms with E-state index in [4.69, 9.17) is 0 Å². The summed E-state index contributed by atoms with van der Waals surface area (Å²) < 4.78 is 5.46. The molecule has 3 heterocycles. The van der Waals surface area contributed by atoms with Gasteiger partial charge in [-0.2, -0.15) is 0 Å². The third kappa shape index (κ3) is 3.94. The number of benzene rings is 1. The zero-order valence-electron chi connectivity index (χ0n) is 16.5. The fraction of sp³-hybridized carbons (Fsp3) is 0.318. The normalized spacial score (nSPS) is 11.3. The average molecular weight is 391 g/mol. The van der Waals surface area contributed by atoms with Crippen molar-refractivity contribution in [2.24, 2.45) is 0 Å². The van der Waals surface area contributed by atoms with Gasteiger partial charge in [0, 0.05) is 44.9 Å². The van der Waals surface area contributed by atoms with Gasteiger partial charge < -0.3 is 9.72 Å². The lowest BCUT2D eigenvalue weighted by molar-refractivity contribution is -0.121. The van der Waals surface area contributed by atoms with E-state index in [9.17, 15) is 9.59 Å². The highest BCUT2D eigenvalue weighted by molar-refractivity contribution is 5.78. The number of fused-ring (bicyclic) bond motifs is 2. The molecule has 0 unspecified atom stereocenters. The summed E-state index contributed by atoms with van der Waals surface area (Å²) in [6.45, 7) is 3.62. The van der Waals surface area contributed by atoms with Gasteiger partial charge in [-0.05, 0) is 30.7 Å². The first kappa shape index (κ1) is 19.0. The maximum atomic E-state index is 12.8. The zero-order valence-corrected chi connectivity index (χ0v) is 16.5. The van der Waals surface area contributed by atoms with Crippen LogP contribution in [0.5, 0.6) is 0 Å². The molecule has 150 valence electrons.